The third-order valence-corrected chi connectivity index (χ3v) is 6.23. The number of aryl methyl sites for hydroxylation is 1. The Morgan fingerprint density at radius 2 is 2.03 bits per heavy atom. The summed E-state index contributed by atoms with van der Waals surface area (Å²) in [4.78, 5) is 16.2. The van der Waals surface area contributed by atoms with Crippen LogP contribution in [0.4, 0.5) is 0 Å². The number of nitrogens with one attached hydrogen (secondary N) is 1. The first-order valence-electron chi connectivity index (χ1n) is 11.4. The second-order valence-electron chi connectivity index (χ2n) is 8.24. The number of hydrogen-bond acceptors (Lipinski definition) is 7. The average molecular weight is 507 g/mol. The predicted octanol–water partition coefficient (Wildman–Crippen LogP) is 5.23. The number of H-pyrrole nitrogens is 1. The fourth-order valence-electron chi connectivity index (χ4n) is 4.30. The highest BCUT2D eigenvalue weighted by Gasteiger charge is 2.24. The molecule has 36 heavy (non-hydrogen) atoms. The van der Waals surface area contributed by atoms with Crippen molar-refractivity contribution in [2.45, 2.75) is 32.7 Å². The molecule has 0 atom stereocenters. The van der Waals surface area contributed by atoms with Crippen LogP contribution < -0.4 is 4.74 Å². The third-order valence-electron chi connectivity index (χ3n) is 5.97. The Kier molecular flexibility index (Phi) is 6.43. The van der Waals surface area contributed by atoms with E-state index in [1.807, 2.05) is 42.5 Å². The van der Waals surface area contributed by atoms with Crippen molar-refractivity contribution in [1.29, 1.82) is 0 Å². The standard InChI is InChI=1S/C25H23ClN6O4/c1-3-4-9-19-27-23(26)20(25(33)34)32(19)13-14-10-11-18-17(12-14)21(35-2)22(36-18)15-7-5-6-8-16(15)24-28-30-31-29-24/h5-8,10-12H,3-4,9,13H2,1-2H3,(H,33,34)(H,28,29,30,31). The van der Waals surface area contributed by atoms with Gasteiger partial charge in [-0.25, -0.2) is 9.78 Å². The van der Waals surface area contributed by atoms with Gasteiger partial charge in [0.2, 0.25) is 5.82 Å². The summed E-state index contributed by atoms with van der Waals surface area (Å²) in [5.41, 5.74) is 2.96. The lowest BCUT2D eigenvalue weighted by Crippen LogP contribution is -2.13. The first-order valence-corrected chi connectivity index (χ1v) is 11.8. The van der Waals surface area contributed by atoms with Gasteiger partial charge in [0.1, 0.15) is 11.4 Å². The number of aromatic amines is 1. The van der Waals surface area contributed by atoms with Gasteiger partial charge in [-0.2, -0.15) is 5.21 Å². The molecule has 5 aromatic rings. The molecule has 184 valence electrons. The number of benzene rings is 2. The van der Waals surface area contributed by atoms with Crippen molar-refractivity contribution in [3.63, 3.8) is 0 Å². The molecule has 2 N–H and O–H groups in total. The van der Waals surface area contributed by atoms with E-state index in [0.717, 1.165) is 34.9 Å². The van der Waals surface area contributed by atoms with Crippen molar-refractivity contribution >= 4 is 28.5 Å². The van der Waals surface area contributed by atoms with Crippen molar-refractivity contribution in [2.75, 3.05) is 7.11 Å². The summed E-state index contributed by atoms with van der Waals surface area (Å²) < 4.78 is 13.7. The molecule has 0 aliphatic heterocycles. The van der Waals surface area contributed by atoms with E-state index in [9.17, 15) is 9.90 Å². The molecule has 0 saturated heterocycles. The van der Waals surface area contributed by atoms with E-state index in [0.29, 0.717) is 41.7 Å². The van der Waals surface area contributed by atoms with Crippen LogP contribution in [0.2, 0.25) is 5.15 Å². The first kappa shape index (κ1) is 23.6. The Morgan fingerprint density at radius 3 is 2.72 bits per heavy atom. The summed E-state index contributed by atoms with van der Waals surface area (Å²) in [5, 5.41) is 24.8. The number of tetrazole rings is 1. The molecule has 10 nitrogen and oxygen atoms in total. The van der Waals surface area contributed by atoms with Gasteiger partial charge in [-0.1, -0.05) is 55.3 Å². The molecule has 0 amide bonds. The molecular formula is C25H23ClN6O4. The number of rotatable bonds is 9. The Labute approximate surface area is 210 Å². The lowest BCUT2D eigenvalue weighted by molar-refractivity contribution is 0.0685. The highest BCUT2D eigenvalue weighted by Crippen LogP contribution is 2.43. The monoisotopic (exact) mass is 506 g/mol. The van der Waals surface area contributed by atoms with Gasteiger partial charge >= 0.3 is 5.97 Å². The number of hydrogen-bond donors (Lipinski definition) is 2. The van der Waals surface area contributed by atoms with Gasteiger partial charge in [-0.3, -0.25) is 0 Å². The Morgan fingerprint density at radius 1 is 1.22 bits per heavy atom. The van der Waals surface area contributed by atoms with Crippen LogP contribution in [0.25, 0.3) is 33.7 Å². The molecule has 0 aliphatic carbocycles. The molecule has 0 bridgehead atoms. The fourth-order valence-corrected chi connectivity index (χ4v) is 4.58. The molecule has 0 radical (unpaired) electrons. The molecule has 0 fully saturated rings. The second-order valence-corrected chi connectivity index (χ2v) is 8.60. The van der Waals surface area contributed by atoms with Crippen LogP contribution in [-0.2, 0) is 13.0 Å². The number of carboxylic acid groups (broad SMARTS) is 1. The summed E-state index contributed by atoms with van der Waals surface area (Å²) in [7, 11) is 1.58. The maximum absolute atomic E-state index is 11.9. The normalized spacial score (nSPS) is 11.3. The number of methoxy groups -OCH3 is 1. The highest BCUT2D eigenvalue weighted by atomic mass is 35.5. The van der Waals surface area contributed by atoms with E-state index in [-0.39, 0.29) is 10.8 Å². The van der Waals surface area contributed by atoms with Crippen molar-refractivity contribution in [3.8, 4) is 28.5 Å². The maximum atomic E-state index is 11.9. The van der Waals surface area contributed by atoms with Crippen LogP contribution in [0.15, 0.2) is 46.9 Å². The number of carboxylic acids is 1. The van der Waals surface area contributed by atoms with Gasteiger partial charge in [-0.15, -0.1) is 10.2 Å². The zero-order valence-electron chi connectivity index (χ0n) is 19.7. The Bertz CT molecular complexity index is 1540. The Balaban J connectivity index is 1.59. The van der Waals surface area contributed by atoms with Crippen molar-refractivity contribution in [1.82, 2.24) is 30.2 Å². The van der Waals surface area contributed by atoms with E-state index >= 15 is 0 Å². The van der Waals surface area contributed by atoms with Gasteiger partial charge < -0.3 is 18.8 Å². The van der Waals surface area contributed by atoms with Gasteiger partial charge in [0, 0.05) is 24.1 Å². The predicted molar refractivity (Wildman–Crippen MR) is 133 cm³/mol. The number of aromatic nitrogens is 6. The van der Waals surface area contributed by atoms with Crippen molar-refractivity contribution in [3.05, 3.63) is 64.7 Å². The van der Waals surface area contributed by atoms with Gasteiger partial charge in [0.05, 0.1) is 12.5 Å². The summed E-state index contributed by atoms with van der Waals surface area (Å²) in [6.45, 7) is 2.36. The molecule has 11 heteroatoms. The maximum Gasteiger partial charge on any atom is 0.355 e. The average Bonchev–Trinajstić information content (AvgIpc) is 3.60. The lowest BCUT2D eigenvalue weighted by atomic mass is 10.0. The zero-order valence-corrected chi connectivity index (χ0v) is 20.4. The minimum absolute atomic E-state index is 0.00377. The molecule has 5 rings (SSSR count). The molecule has 3 aromatic heterocycles. The van der Waals surface area contributed by atoms with Crippen LogP contribution in [0.1, 0.15) is 41.6 Å². The lowest BCUT2D eigenvalue weighted by Gasteiger charge is -2.10. The van der Waals surface area contributed by atoms with Crippen LogP contribution in [-0.4, -0.2) is 48.4 Å². The smallest absolute Gasteiger partial charge is 0.355 e. The number of fused-ring (bicyclic) bond motifs is 1. The van der Waals surface area contributed by atoms with Crippen molar-refractivity contribution in [2.24, 2.45) is 0 Å². The zero-order chi connectivity index (χ0) is 25.2. The molecular weight excluding hydrogens is 484 g/mol. The molecule has 0 aliphatic rings. The molecule has 0 saturated carbocycles. The van der Waals surface area contributed by atoms with Crippen LogP contribution >= 0.6 is 11.6 Å². The molecule has 0 spiro atoms. The van der Waals surface area contributed by atoms with E-state index in [1.165, 1.54) is 0 Å². The van der Waals surface area contributed by atoms with E-state index in [2.05, 4.69) is 32.5 Å². The molecule has 0 unspecified atom stereocenters. The molecule has 3 heterocycles. The van der Waals surface area contributed by atoms with Crippen LogP contribution in [0.5, 0.6) is 5.75 Å². The second kappa shape index (κ2) is 9.82. The first-order chi connectivity index (χ1) is 17.5. The minimum atomic E-state index is -1.11. The number of halogens is 1. The number of imidazole rings is 1. The summed E-state index contributed by atoms with van der Waals surface area (Å²) >= 11 is 6.20. The van der Waals surface area contributed by atoms with E-state index < -0.39 is 5.97 Å². The SMILES string of the molecule is CCCCc1nc(Cl)c(C(=O)O)n1Cc1ccc2oc(-c3ccccc3-c3nn[nH]n3)c(OC)c2c1. The summed E-state index contributed by atoms with van der Waals surface area (Å²) in [5.74, 6) is 1.05. The van der Waals surface area contributed by atoms with E-state index in [4.69, 9.17) is 20.8 Å². The highest BCUT2D eigenvalue weighted by molar-refractivity contribution is 6.32. The van der Waals surface area contributed by atoms with E-state index in [1.54, 1.807) is 11.7 Å². The van der Waals surface area contributed by atoms with Gasteiger partial charge in [0.25, 0.3) is 0 Å². The van der Waals surface area contributed by atoms with Crippen LogP contribution in [0.3, 0.4) is 0 Å². The largest absolute Gasteiger partial charge is 0.492 e. The number of nitrogens with zero attached hydrogens (tertiary/aromatic N) is 5. The Hall–Kier alpha value is -4.18. The topological polar surface area (TPSA) is 132 Å². The van der Waals surface area contributed by atoms with Gasteiger partial charge in [-0.05, 0) is 29.3 Å². The summed E-state index contributed by atoms with van der Waals surface area (Å²) in [6.07, 6.45) is 2.47. The number of carbonyl (C=O) groups is 1. The number of ether oxygens (including phenoxy) is 1. The quantitative estimate of drug-likeness (QED) is 0.278. The van der Waals surface area contributed by atoms with Gasteiger partial charge in [0.15, 0.2) is 22.4 Å². The third kappa shape index (κ3) is 4.20. The summed E-state index contributed by atoms with van der Waals surface area (Å²) in [6, 6.07) is 13.2. The minimum Gasteiger partial charge on any atom is -0.492 e. The number of aromatic carboxylic acids is 1. The van der Waals surface area contributed by atoms with Crippen LogP contribution in [0, 0.1) is 0 Å². The number of unbranched alkanes of at least 4 members (excludes halogenated alkanes) is 1. The number of furan rings is 1. The molecule has 2 aromatic carbocycles. The van der Waals surface area contributed by atoms with Crippen molar-refractivity contribution < 1.29 is 19.1 Å². The fraction of sp³-hybridized carbons (Fsp3) is 0.240.